The van der Waals surface area contributed by atoms with Crippen LogP contribution in [0.15, 0.2) is 54.6 Å². The first-order valence-electron chi connectivity index (χ1n) is 9.09. The van der Waals surface area contributed by atoms with Gasteiger partial charge in [0.05, 0.1) is 19.3 Å². The molecule has 5 heteroatoms. The van der Waals surface area contributed by atoms with E-state index < -0.39 is 12.1 Å². The Morgan fingerprint density at radius 1 is 1.12 bits per heavy atom. The molecule has 26 heavy (non-hydrogen) atoms. The molecule has 140 valence electrons. The predicted molar refractivity (Wildman–Crippen MR) is 97.4 cm³/mol. The molecule has 2 atom stereocenters. The predicted octanol–water partition coefficient (Wildman–Crippen LogP) is 1.34. The van der Waals surface area contributed by atoms with Gasteiger partial charge in [-0.15, -0.1) is 0 Å². The van der Waals surface area contributed by atoms with Gasteiger partial charge in [-0.2, -0.15) is 0 Å². The van der Waals surface area contributed by atoms with Crippen molar-refractivity contribution >= 4 is 5.97 Å². The van der Waals surface area contributed by atoms with Gasteiger partial charge in [0.15, 0.2) is 0 Å². The molecule has 0 saturated heterocycles. The first kappa shape index (κ1) is 19.9. The molecule has 2 aromatic rings. The second kappa shape index (κ2) is 10.6. The summed E-state index contributed by atoms with van der Waals surface area (Å²) >= 11 is 0. The highest BCUT2D eigenvalue weighted by Crippen LogP contribution is 2.20. The van der Waals surface area contributed by atoms with Crippen molar-refractivity contribution in [2.75, 3.05) is 13.2 Å². The minimum Gasteiger partial charge on any atom is -0.550 e. The molecule has 0 spiro atoms. The minimum atomic E-state index is -1.07. The molecule has 0 saturated carbocycles. The van der Waals surface area contributed by atoms with Crippen LogP contribution in [0.3, 0.4) is 0 Å². The molecule has 0 aliphatic rings. The van der Waals surface area contributed by atoms with Crippen LogP contribution in [-0.2, 0) is 4.79 Å². The zero-order valence-corrected chi connectivity index (χ0v) is 15.1. The lowest BCUT2D eigenvalue weighted by atomic mass is 10.0. The summed E-state index contributed by atoms with van der Waals surface area (Å²) in [6.07, 6.45) is 0.842. The maximum Gasteiger partial charge on any atom is 0.119 e. The number of carbonyl (C=O) groups is 1. The SMILES string of the molecule is CCCOc1ccc([C@@H](O)CC[NH2+][C@H](CC(=O)[O-])c2ccccc2)cc1. The molecule has 0 heterocycles. The fourth-order valence-electron chi connectivity index (χ4n) is 2.85. The number of ether oxygens (including phenoxy) is 1. The Balaban J connectivity index is 1.86. The third-order valence-corrected chi connectivity index (χ3v) is 4.24. The molecule has 0 amide bonds. The summed E-state index contributed by atoms with van der Waals surface area (Å²) in [5.74, 6) is -0.272. The van der Waals surface area contributed by atoms with Gasteiger partial charge < -0.3 is 25.1 Å². The van der Waals surface area contributed by atoms with Crippen molar-refractivity contribution in [3.05, 3.63) is 65.7 Å². The average Bonchev–Trinajstić information content (AvgIpc) is 2.66. The Kier molecular flexibility index (Phi) is 8.12. The van der Waals surface area contributed by atoms with E-state index in [-0.39, 0.29) is 12.5 Å². The maximum atomic E-state index is 11.0. The maximum absolute atomic E-state index is 11.0. The highest BCUT2D eigenvalue weighted by atomic mass is 16.5. The quantitative estimate of drug-likeness (QED) is 0.635. The van der Waals surface area contributed by atoms with Gasteiger partial charge in [0.25, 0.3) is 0 Å². The lowest BCUT2D eigenvalue weighted by molar-refractivity contribution is -0.696. The number of aliphatic hydroxyl groups excluding tert-OH is 1. The Hall–Kier alpha value is -2.37. The number of carbonyl (C=O) groups excluding carboxylic acids is 1. The van der Waals surface area contributed by atoms with Crippen LogP contribution in [0, 0.1) is 0 Å². The summed E-state index contributed by atoms with van der Waals surface area (Å²) in [7, 11) is 0. The number of hydrogen-bond acceptors (Lipinski definition) is 4. The monoisotopic (exact) mass is 357 g/mol. The van der Waals surface area contributed by atoms with E-state index in [4.69, 9.17) is 4.74 Å². The van der Waals surface area contributed by atoms with E-state index in [1.807, 2.05) is 59.9 Å². The van der Waals surface area contributed by atoms with Crippen LogP contribution in [0.4, 0.5) is 0 Å². The van der Waals surface area contributed by atoms with Gasteiger partial charge in [0.1, 0.15) is 11.8 Å². The minimum absolute atomic E-state index is 0.0520. The fourth-order valence-corrected chi connectivity index (χ4v) is 2.85. The second-order valence-corrected chi connectivity index (χ2v) is 6.34. The van der Waals surface area contributed by atoms with Crippen LogP contribution in [-0.4, -0.2) is 24.2 Å². The number of carboxylic acids is 1. The molecule has 0 unspecified atom stereocenters. The standard InChI is InChI=1S/C21H27NO4/c1-2-14-26-18-10-8-17(9-11-18)20(23)12-13-22-19(15-21(24)25)16-6-4-3-5-7-16/h3-11,19-20,22-23H,2,12-15H2,1H3,(H,24,25)/t19-,20+/m1/s1. The van der Waals surface area contributed by atoms with Crippen molar-refractivity contribution < 1.29 is 25.1 Å². The van der Waals surface area contributed by atoms with Crippen molar-refractivity contribution in [1.82, 2.24) is 0 Å². The number of benzene rings is 2. The Morgan fingerprint density at radius 3 is 2.42 bits per heavy atom. The van der Waals surface area contributed by atoms with Crippen LogP contribution in [0.1, 0.15) is 49.5 Å². The van der Waals surface area contributed by atoms with Gasteiger partial charge in [0, 0.05) is 24.4 Å². The topological polar surface area (TPSA) is 86.2 Å². The number of carboxylic acid groups (broad SMARTS) is 1. The van der Waals surface area contributed by atoms with Gasteiger partial charge >= 0.3 is 0 Å². The highest BCUT2D eigenvalue weighted by Gasteiger charge is 2.16. The largest absolute Gasteiger partial charge is 0.550 e. The Labute approximate surface area is 154 Å². The van der Waals surface area contributed by atoms with Crippen molar-refractivity contribution in [1.29, 1.82) is 0 Å². The smallest absolute Gasteiger partial charge is 0.119 e. The first-order valence-corrected chi connectivity index (χ1v) is 9.09. The van der Waals surface area contributed by atoms with Crippen LogP contribution >= 0.6 is 0 Å². The Morgan fingerprint density at radius 2 is 1.81 bits per heavy atom. The van der Waals surface area contributed by atoms with E-state index in [1.54, 1.807) is 0 Å². The molecule has 2 aromatic carbocycles. The number of hydrogen-bond donors (Lipinski definition) is 2. The van der Waals surface area contributed by atoms with Gasteiger partial charge in [-0.25, -0.2) is 0 Å². The van der Waals surface area contributed by atoms with Gasteiger partial charge in [0.2, 0.25) is 0 Å². The molecule has 0 fully saturated rings. The lowest BCUT2D eigenvalue weighted by Gasteiger charge is -2.18. The van der Waals surface area contributed by atoms with Crippen LogP contribution in [0.5, 0.6) is 5.75 Å². The normalized spacial score (nSPS) is 13.2. The molecule has 0 aromatic heterocycles. The summed E-state index contributed by atoms with van der Waals surface area (Å²) in [5, 5.41) is 23.3. The molecule has 5 nitrogen and oxygen atoms in total. The van der Waals surface area contributed by atoms with E-state index in [9.17, 15) is 15.0 Å². The summed E-state index contributed by atoms with van der Waals surface area (Å²) in [4.78, 5) is 11.0. The van der Waals surface area contributed by atoms with Crippen molar-refractivity contribution in [2.45, 2.75) is 38.3 Å². The molecular formula is C21H27NO4. The van der Waals surface area contributed by atoms with Crippen LogP contribution in [0.2, 0.25) is 0 Å². The molecule has 0 aliphatic heterocycles. The third-order valence-electron chi connectivity index (χ3n) is 4.24. The van der Waals surface area contributed by atoms with E-state index in [0.717, 1.165) is 23.3 Å². The third kappa shape index (κ3) is 6.50. The first-order chi connectivity index (χ1) is 12.6. The molecule has 3 N–H and O–H groups in total. The molecule has 0 aliphatic carbocycles. The number of nitrogens with two attached hydrogens (primary N) is 1. The van der Waals surface area contributed by atoms with Gasteiger partial charge in [-0.1, -0.05) is 49.4 Å². The number of quaternary nitrogens is 1. The van der Waals surface area contributed by atoms with Gasteiger partial charge in [-0.05, 0) is 24.1 Å². The Bertz CT molecular complexity index is 657. The number of aliphatic carboxylic acids is 1. The van der Waals surface area contributed by atoms with E-state index in [2.05, 4.69) is 6.92 Å². The summed E-state index contributed by atoms with van der Waals surface area (Å²) in [5.41, 5.74) is 1.78. The van der Waals surface area contributed by atoms with E-state index in [1.165, 1.54) is 0 Å². The summed E-state index contributed by atoms with van der Waals surface area (Å²) < 4.78 is 5.54. The highest BCUT2D eigenvalue weighted by molar-refractivity contribution is 5.65. The number of rotatable bonds is 11. The van der Waals surface area contributed by atoms with E-state index in [0.29, 0.717) is 19.6 Å². The van der Waals surface area contributed by atoms with Crippen molar-refractivity contribution in [3.8, 4) is 5.75 Å². The second-order valence-electron chi connectivity index (χ2n) is 6.34. The van der Waals surface area contributed by atoms with Crippen LogP contribution < -0.4 is 15.2 Å². The van der Waals surface area contributed by atoms with Gasteiger partial charge in [-0.3, -0.25) is 0 Å². The molecule has 0 bridgehead atoms. The average molecular weight is 357 g/mol. The summed E-state index contributed by atoms with van der Waals surface area (Å²) in [6, 6.07) is 16.8. The lowest BCUT2D eigenvalue weighted by Crippen LogP contribution is -2.85. The fraction of sp³-hybridized carbons (Fsp3) is 0.381. The molecule has 0 radical (unpaired) electrons. The molecular weight excluding hydrogens is 330 g/mol. The van der Waals surface area contributed by atoms with Crippen LogP contribution in [0.25, 0.3) is 0 Å². The zero-order valence-electron chi connectivity index (χ0n) is 15.1. The van der Waals surface area contributed by atoms with Crippen molar-refractivity contribution in [2.24, 2.45) is 0 Å². The van der Waals surface area contributed by atoms with E-state index >= 15 is 0 Å². The number of aliphatic hydroxyl groups is 1. The van der Waals surface area contributed by atoms with Crippen molar-refractivity contribution in [3.63, 3.8) is 0 Å². The zero-order chi connectivity index (χ0) is 18.8. The molecule has 2 rings (SSSR count). The summed E-state index contributed by atoms with van der Waals surface area (Å²) in [6.45, 7) is 3.34.